The predicted molar refractivity (Wildman–Crippen MR) is 78.6 cm³/mol. The Labute approximate surface area is 114 Å². The zero-order valence-electron chi connectivity index (χ0n) is 11.3. The average Bonchev–Trinajstić information content (AvgIpc) is 2.45. The van der Waals surface area contributed by atoms with Crippen LogP contribution in [0.2, 0.25) is 0 Å². The molecular weight excluding hydrogens is 232 g/mol. The summed E-state index contributed by atoms with van der Waals surface area (Å²) in [5.74, 6) is 0. The van der Waals surface area contributed by atoms with Crippen LogP contribution in [0.25, 0.3) is 0 Å². The highest BCUT2D eigenvalue weighted by molar-refractivity contribution is 5.33. The fraction of sp³-hybridized carbons (Fsp3) is 0.294. The quantitative estimate of drug-likeness (QED) is 0.909. The van der Waals surface area contributed by atoms with Gasteiger partial charge >= 0.3 is 0 Å². The molecular formula is C17H20N2. The maximum Gasteiger partial charge on any atom is 0.0678 e. The van der Waals surface area contributed by atoms with E-state index in [-0.39, 0.29) is 11.7 Å². The van der Waals surface area contributed by atoms with Crippen LogP contribution < -0.4 is 5.73 Å². The molecule has 1 atom stereocenters. The van der Waals surface area contributed by atoms with Crippen molar-refractivity contribution in [1.29, 1.82) is 0 Å². The summed E-state index contributed by atoms with van der Waals surface area (Å²) in [6.45, 7) is 3.18. The van der Waals surface area contributed by atoms with Gasteiger partial charge < -0.3 is 5.73 Å². The molecule has 1 aliphatic heterocycles. The van der Waals surface area contributed by atoms with Gasteiger partial charge in [-0.05, 0) is 24.5 Å². The van der Waals surface area contributed by atoms with E-state index in [4.69, 9.17) is 5.73 Å². The van der Waals surface area contributed by atoms with Crippen molar-refractivity contribution in [3.63, 3.8) is 0 Å². The lowest BCUT2D eigenvalue weighted by atomic mass is 9.88. The van der Waals surface area contributed by atoms with Crippen LogP contribution in [-0.2, 0) is 0 Å². The molecule has 19 heavy (non-hydrogen) atoms. The summed E-state index contributed by atoms with van der Waals surface area (Å²) < 4.78 is 0. The van der Waals surface area contributed by atoms with Crippen molar-refractivity contribution in [2.75, 3.05) is 6.54 Å². The number of nitrogens with zero attached hydrogens (tertiary/aromatic N) is 1. The minimum atomic E-state index is -0.198. The fourth-order valence-corrected chi connectivity index (χ4v) is 2.84. The van der Waals surface area contributed by atoms with E-state index in [0.717, 1.165) is 13.0 Å². The highest BCUT2D eigenvalue weighted by atomic mass is 15.3. The fourth-order valence-electron chi connectivity index (χ4n) is 2.84. The lowest BCUT2D eigenvalue weighted by Gasteiger charge is -2.52. The summed E-state index contributed by atoms with van der Waals surface area (Å²) in [5.41, 5.74) is 8.79. The monoisotopic (exact) mass is 252 g/mol. The number of nitrogens with two attached hydrogens (primary N) is 1. The van der Waals surface area contributed by atoms with Crippen LogP contribution in [0.15, 0.2) is 60.7 Å². The minimum Gasteiger partial charge on any atom is -0.313 e. The first kappa shape index (κ1) is 12.4. The standard InChI is InChI=1S/C17H20N2/c1-17(18)12-13-19(17)16(14-8-4-2-5-9-14)15-10-6-3-7-11-15/h2-11,16H,12-13,18H2,1H3/t17-/m0/s1. The highest BCUT2D eigenvalue weighted by Crippen LogP contribution is 2.38. The molecule has 2 heteroatoms. The molecule has 0 aliphatic carbocycles. The number of benzene rings is 2. The largest absolute Gasteiger partial charge is 0.313 e. The Morgan fingerprint density at radius 2 is 1.42 bits per heavy atom. The van der Waals surface area contributed by atoms with E-state index in [1.165, 1.54) is 11.1 Å². The molecule has 1 fully saturated rings. The van der Waals surface area contributed by atoms with Crippen LogP contribution >= 0.6 is 0 Å². The van der Waals surface area contributed by atoms with Crippen LogP contribution in [0, 0.1) is 0 Å². The molecule has 0 unspecified atom stereocenters. The third kappa shape index (κ3) is 2.29. The van der Waals surface area contributed by atoms with Crippen LogP contribution in [0.4, 0.5) is 0 Å². The van der Waals surface area contributed by atoms with Crippen molar-refractivity contribution >= 4 is 0 Å². The van der Waals surface area contributed by atoms with Crippen molar-refractivity contribution in [3.8, 4) is 0 Å². The molecule has 1 heterocycles. The van der Waals surface area contributed by atoms with Gasteiger partial charge in [-0.2, -0.15) is 0 Å². The van der Waals surface area contributed by atoms with E-state index in [1.54, 1.807) is 0 Å². The Morgan fingerprint density at radius 3 is 1.74 bits per heavy atom. The highest BCUT2D eigenvalue weighted by Gasteiger charge is 2.42. The topological polar surface area (TPSA) is 29.3 Å². The Bertz CT molecular complexity index is 494. The molecule has 0 bridgehead atoms. The molecule has 2 nitrogen and oxygen atoms in total. The number of likely N-dealkylation sites (tertiary alicyclic amines) is 1. The normalized spacial score (nSPS) is 23.3. The third-order valence-electron chi connectivity index (χ3n) is 4.06. The van der Waals surface area contributed by atoms with Gasteiger partial charge in [0.25, 0.3) is 0 Å². The second kappa shape index (κ2) is 4.80. The van der Waals surface area contributed by atoms with Crippen molar-refractivity contribution in [2.45, 2.75) is 25.0 Å². The third-order valence-corrected chi connectivity index (χ3v) is 4.06. The van der Waals surface area contributed by atoms with E-state index >= 15 is 0 Å². The molecule has 1 saturated heterocycles. The van der Waals surface area contributed by atoms with Gasteiger partial charge in [-0.1, -0.05) is 60.7 Å². The number of hydrogen-bond acceptors (Lipinski definition) is 2. The van der Waals surface area contributed by atoms with E-state index < -0.39 is 0 Å². The molecule has 2 aromatic rings. The van der Waals surface area contributed by atoms with Crippen LogP contribution in [0.3, 0.4) is 0 Å². The smallest absolute Gasteiger partial charge is 0.0678 e. The maximum atomic E-state index is 6.37. The Hall–Kier alpha value is -1.64. The lowest BCUT2D eigenvalue weighted by molar-refractivity contribution is -0.0217. The van der Waals surface area contributed by atoms with Gasteiger partial charge in [0.05, 0.1) is 11.7 Å². The Kier molecular flexibility index (Phi) is 3.13. The van der Waals surface area contributed by atoms with E-state index in [9.17, 15) is 0 Å². The molecule has 0 saturated carbocycles. The molecule has 98 valence electrons. The van der Waals surface area contributed by atoms with Crippen LogP contribution in [0.1, 0.15) is 30.5 Å². The van der Waals surface area contributed by atoms with E-state index in [1.807, 2.05) is 0 Å². The van der Waals surface area contributed by atoms with Gasteiger partial charge in [-0.15, -0.1) is 0 Å². The Balaban J connectivity index is 2.02. The van der Waals surface area contributed by atoms with Crippen LogP contribution in [0.5, 0.6) is 0 Å². The van der Waals surface area contributed by atoms with Gasteiger partial charge in [0, 0.05) is 6.54 Å². The summed E-state index contributed by atoms with van der Waals surface area (Å²) in [4.78, 5) is 2.39. The van der Waals surface area contributed by atoms with Gasteiger partial charge in [-0.3, -0.25) is 4.90 Å². The first-order valence-corrected chi connectivity index (χ1v) is 6.84. The van der Waals surface area contributed by atoms with Crippen molar-refractivity contribution in [1.82, 2.24) is 4.90 Å². The van der Waals surface area contributed by atoms with Gasteiger partial charge in [0.15, 0.2) is 0 Å². The van der Waals surface area contributed by atoms with Crippen molar-refractivity contribution in [3.05, 3.63) is 71.8 Å². The Morgan fingerprint density at radius 1 is 0.947 bits per heavy atom. The van der Waals surface area contributed by atoms with Crippen molar-refractivity contribution in [2.24, 2.45) is 5.73 Å². The van der Waals surface area contributed by atoms with Gasteiger partial charge in [0.2, 0.25) is 0 Å². The molecule has 2 N–H and O–H groups in total. The second-order valence-electron chi connectivity index (χ2n) is 5.52. The van der Waals surface area contributed by atoms with E-state index in [0.29, 0.717) is 0 Å². The van der Waals surface area contributed by atoms with Crippen LogP contribution in [-0.4, -0.2) is 17.1 Å². The molecule has 3 rings (SSSR count). The SMILES string of the molecule is C[C@@]1(N)CCN1C(c1ccccc1)c1ccccc1. The number of hydrogen-bond donors (Lipinski definition) is 1. The minimum absolute atomic E-state index is 0.198. The molecule has 0 aromatic heterocycles. The molecule has 0 radical (unpaired) electrons. The first-order valence-electron chi connectivity index (χ1n) is 6.84. The summed E-state index contributed by atoms with van der Waals surface area (Å²) in [7, 11) is 0. The predicted octanol–water partition coefficient (Wildman–Crippen LogP) is 3.16. The molecule has 2 aromatic carbocycles. The zero-order chi connectivity index (χ0) is 13.3. The molecule has 0 amide bonds. The summed E-state index contributed by atoms with van der Waals surface area (Å²) >= 11 is 0. The number of rotatable bonds is 3. The second-order valence-corrected chi connectivity index (χ2v) is 5.52. The maximum absolute atomic E-state index is 6.37. The summed E-state index contributed by atoms with van der Waals surface area (Å²) in [5, 5.41) is 0. The zero-order valence-corrected chi connectivity index (χ0v) is 11.3. The molecule has 0 spiro atoms. The van der Waals surface area contributed by atoms with Gasteiger partial charge in [0.1, 0.15) is 0 Å². The van der Waals surface area contributed by atoms with E-state index in [2.05, 4.69) is 72.5 Å². The van der Waals surface area contributed by atoms with Gasteiger partial charge in [-0.25, -0.2) is 0 Å². The van der Waals surface area contributed by atoms with Crippen molar-refractivity contribution < 1.29 is 0 Å². The first-order chi connectivity index (χ1) is 9.18. The summed E-state index contributed by atoms with van der Waals surface area (Å²) in [6.07, 6.45) is 1.06. The average molecular weight is 252 g/mol. The molecule has 1 aliphatic rings. The lowest BCUT2D eigenvalue weighted by Crippen LogP contribution is -2.64. The summed E-state index contributed by atoms with van der Waals surface area (Å²) in [6, 6.07) is 21.5.